The third kappa shape index (κ3) is 10.7. The predicted octanol–water partition coefficient (Wildman–Crippen LogP) is 4.70. The van der Waals surface area contributed by atoms with Crippen molar-refractivity contribution in [3.05, 3.63) is 47.3 Å². The molecule has 1 aromatic heterocycles. The van der Waals surface area contributed by atoms with Crippen LogP contribution in [0.5, 0.6) is 5.75 Å². The zero-order chi connectivity index (χ0) is 30.1. The highest BCUT2D eigenvalue weighted by Gasteiger charge is 2.39. The number of aliphatic carboxylic acids is 2. The first kappa shape index (κ1) is 32.9. The second-order valence-electron chi connectivity index (χ2n) is 9.16. The molecule has 1 aliphatic carbocycles. The van der Waals surface area contributed by atoms with Gasteiger partial charge in [0.1, 0.15) is 5.75 Å². The predicted molar refractivity (Wildman–Crippen MR) is 129 cm³/mol. The van der Waals surface area contributed by atoms with Crippen LogP contribution in [-0.2, 0) is 34.0 Å². The Kier molecular flexibility index (Phi) is 11.8. The first-order chi connectivity index (χ1) is 18.6. The summed E-state index contributed by atoms with van der Waals surface area (Å²) < 4.78 is 76.9. The van der Waals surface area contributed by atoms with Gasteiger partial charge >= 0.3 is 24.3 Å². The molecule has 1 fully saturated rings. The molecule has 1 atom stereocenters. The summed E-state index contributed by atoms with van der Waals surface area (Å²) in [5, 5.41) is 19.0. The molecule has 1 saturated carbocycles. The van der Waals surface area contributed by atoms with Gasteiger partial charge in [-0.25, -0.2) is 9.59 Å². The number of carbonyl (C=O) groups is 2. The number of hydrogen-bond donors (Lipinski definition) is 2. The molecule has 15 heteroatoms. The molecule has 1 aromatic carbocycles. The largest absolute Gasteiger partial charge is 0.497 e. The van der Waals surface area contributed by atoms with Crippen molar-refractivity contribution in [2.75, 3.05) is 26.9 Å². The number of halogens is 6. The Labute approximate surface area is 226 Å². The van der Waals surface area contributed by atoms with Crippen LogP contribution in [0.1, 0.15) is 42.5 Å². The van der Waals surface area contributed by atoms with E-state index in [4.69, 9.17) is 34.4 Å². The topological polar surface area (TPSA) is 114 Å². The maximum atomic E-state index is 10.6. The first-order valence-corrected chi connectivity index (χ1v) is 12.2. The molecule has 0 bridgehead atoms. The first-order valence-electron chi connectivity index (χ1n) is 12.2. The van der Waals surface area contributed by atoms with E-state index in [1.165, 1.54) is 29.7 Å². The fourth-order valence-corrected chi connectivity index (χ4v) is 3.96. The summed E-state index contributed by atoms with van der Waals surface area (Å²) in [5.41, 5.74) is 4.06. The summed E-state index contributed by atoms with van der Waals surface area (Å²) in [6.07, 6.45) is -5.38. The smallest absolute Gasteiger partial charge is 0.490 e. The van der Waals surface area contributed by atoms with Gasteiger partial charge in [0.05, 0.1) is 19.9 Å². The monoisotopic (exact) mass is 583 g/mol. The molecule has 1 unspecified atom stereocenters. The lowest BCUT2D eigenvalue weighted by atomic mass is 9.96. The van der Waals surface area contributed by atoms with Crippen LogP contribution in [0.3, 0.4) is 0 Å². The number of fused-ring (bicyclic) bond motifs is 1. The van der Waals surface area contributed by atoms with Crippen molar-refractivity contribution in [3.63, 3.8) is 0 Å². The number of carboxylic acid groups (broad SMARTS) is 2. The lowest BCUT2D eigenvalue weighted by molar-refractivity contribution is -0.193. The van der Waals surface area contributed by atoms with Gasteiger partial charge in [-0.3, -0.25) is 9.58 Å². The third-order valence-corrected chi connectivity index (χ3v) is 5.90. The van der Waals surface area contributed by atoms with Crippen LogP contribution in [0.25, 0.3) is 0 Å². The van der Waals surface area contributed by atoms with Crippen molar-refractivity contribution >= 4 is 11.9 Å². The van der Waals surface area contributed by atoms with Gasteiger partial charge in [0.25, 0.3) is 0 Å². The second-order valence-corrected chi connectivity index (χ2v) is 9.16. The number of benzene rings is 1. The fourth-order valence-electron chi connectivity index (χ4n) is 3.96. The number of rotatable bonds is 8. The molecule has 0 radical (unpaired) electrons. The normalized spacial score (nSPS) is 17.1. The minimum absolute atomic E-state index is 0.394. The summed E-state index contributed by atoms with van der Waals surface area (Å²) in [4.78, 5) is 20.3. The van der Waals surface area contributed by atoms with Gasteiger partial charge in [0, 0.05) is 50.0 Å². The van der Waals surface area contributed by atoms with Gasteiger partial charge in [-0.1, -0.05) is 12.1 Å². The third-order valence-electron chi connectivity index (χ3n) is 5.90. The average molecular weight is 584 g/mol. The van der Waals surface area contributed by atoms with Crippen LogP contribution in [0, 0.1) is 5.92 Å². The number of ether oxygens (including phenoxy) is 2. The zero-order valence-electron chi connectivity index (χ0n) is 21.8. The molecule has 0 amide bonds. The number of nitrogens with zero attached hydrogens (tertiary/aromatic N) is 3. The van der Waals surface area contributed by atoms with Gasteiger partial charge < -0.3 is 19.7 Å². The van der Waals surface area contributed by atoms with Crippen LogP contribution in [0.4, 0.5) is 26.3 Å². The van der Waals surface area contributed by atoms with Gasteiger partial charge in [0.2, 0.25) is 0 Å². The van der Waals surface area contributed by atoms with Gasteiger partial charge in [-0.2, -0.15) is 31.4 Å². The molecular formula is C25H31F6N3O6. The maximum Gasteiger partial charge on any atom is 0.490 e. The Bertz CT molecular complexity index is 1090. The van der Waals surface area contributed by atoms with E-state index < -0.39 is 24.3 Å². The van der Waals surface area contributed by atoms with Crippen LogP contribution in [0.15, 0.2) is 30.5 Å². The van der Waals surface area contributed by atoms with E-state index in [-0.39, 0.29) is 0 Å². The van der Waals surface area contributed by atoms with Crippen molar-refractivity contribution in [3.8, 4) is 5.75 Å². The summed E-state index contributed by atoms with van der Waals surface area (Å²) in [7, 11) is 1.72. The lowest BCUT2D eigenvalue weighted by Gasteiger charge is -2.33. The van der Waals surface area contributed by atoms with E-state index >= 15 is 0 Å². The Morgan fingerprint density at radius 2 is 1.68 bits per heavy atom. The van der Waals surface area contributed by atoms with Crippen LogP contribution in [-0.4, -0.2) is 76.1 Å². The van der Waals surface area contributed by atoms with Crippen LogP contribution < -0.4 is 4.74 Å². The molecule has 2 aromatic rings. The quantitative estimate of drug-likeness (QED) is 0.430. The molecule has 2 N–H and O–H groups in total. The van der Waals surface area contributed by atoms with Crippen LogP contribution in [0.2, 0.25) is 0 Å². The van der Waals surface area contributed by atoms with E-state index in [1.807, 2.05) is 6.07 Å². The molecule has 1 aliphatic heterocycles. The SMILES string of the molecule is CCOCC1CN(Cc2cccc(OC)c2)Cc2cnn(CC3CC3)c21.O=C(O)C(F)(F)F.O=C(O)C(F)(F)F. The molecule has 2 heterocycles. The van der Waals surface area contributed by atoms with Crippen LogP contribution >= 0.6 is 0 Å². The highest BCUT2D eigenvalue weighted by atomic mass is 19.4. The van der Waals surface area contributed by atoms with Gasteiger partial charge in [0.15, 0.2) is 0 Å². The molecule has 9 nitrogen and oxygen atoms in total. The van der Waals surface area contributed by atoms with Crippen molar-refractivity contribution < 1.29 is 55.6 Å². The average Bonchev–Trinajstić information content (AvgIpc) is 3.60. The number of alkyl halides is 6. The molecular weight excluding hydrogens is 552 g/mol. The number of aromatic nitrogens is 2. The Morgan fingerprint density at radius 3 is 2.17 bits per heavy atom. The Morgan fingerprint density at radius 1 is 1.07 bits per heavy atom. The number of methoxy groups -OCH3 is 1. The van der Waals surface area contributed by atoms with E-state index in [0.29, 0.717) is 5.92 Å². The maximum absolute atomic E-state index is 10.6. The summed E-state index contributed by atoms with van der Waals surface area (Å²) >= 11 is 0. The van der Waals surface area contributed by atoms with E-state index in [0.717, 1.165) is 51.1 Å². The minimum Gasteiger partial charge on any atom is -0.497 e. The minimum atomic E-state index is -5.08. The number of hydrogen-bond acceptors (Lipinski definition) is 6. The summed E-state index contributed by atoms with van der Waals surface area (Å²) in [6.45, 7) is 7.58. The van der Waals surface area contributed by atoms with E-state index in [9.17, 15) is 26.3 Å². The van der Waals surface area contributed by atoms with Crippen molar-refractivity contribution in [1.29, 1.82) is 0 Å². The van der Waals surface area contributed by atoms with Crippen molar-refractivity contribution in [2.45, 2.75) is 57.7 Å². The molecule has 224 valence electrons. The zero-order valence-corrected chi connectivity index (χ0v) is 21.8. The molecule has 40 heavy (non-hydrogen) atoms. The highest BCUT2D eigenvalue weighted by Crippen LogP contribution is 2.35. The number of carboxylic acids is 2. The Hall–Kier alpha value is -3.33. The molecule has 4 rings (SSSR count). The molecule has 2 aliphatic rings. The van der Waals surface area contributed by atoms with Gasteiger partial charge in [-0.05, 0) is 43.4 Å². The lowest BCUT2D eigenvalue weighted by Crippen LogP contribution is -2.36. The molecule has 0 spiro atoms. The van der Waals surface area contributed by atoms with Crippen molar-refractivity contribution in [2.24, 2.45) is 5.92 Å². The summed E-state index contributed by atoms with van der Waals surface area (Å²) in [6, 6.07) is 8.36. The van der Waals surface area contributed by atoms with E-state index in [2.05, 4.69) is 40.9 Å². The van der Waals surface area contributed by atoms with Gasteiger partial charge in [-0.15, -0.1) is 0 Å². The highest BCUT2D eigenvalue weighted by molar-refractivity contribution is 5.73. The summed E-state index contributed by atoms with van der Waals surface area (Å²) in [5.74, 6) is -3.37. The van der Waals surface area contributed by atoms with Crippen molar-refractivity contribution in [1.82, 2.24) is 14.7 Å². The second kappa shape index (κ2) is 14.3. The Balaban J connectivity index is 0.000000333. The standard InChI is InChI=1S/C21H29N3O2.2C2HF3O2/c1-3-26-15-19-14-23(11-17-5-4-6-20(9-17)25-2)13-18-10-22-24(21(18)19)12-16-7-8-16;2*3-2(4,5)1(6)7/h4-6,9-10,16,19H,3,7-8,11-15H2,1-2H3;2*(H,6,7). The molecule has 0 saturated heterocycles. The van der Waals surface area contributed by atoms with E-state index in [1.54, 1.807) is 7.11 Å². The fraction of sp³-hybridized carbons (Fsp3) is 0.560.